The molecule has 2 amide bonds. The molecule has 6 nitrogen and oxygen atoms in total. The van der Waals surface area contributed by atoms with Gasteiger partial charge in [0.15, 0.2) is 0 Å². The van der Waals surface area contributed by atoms with Gasteiger partial charge >= 0.3 is 12.0 Å². The highest BCUT2D eigenvalue weighted by molar-refractivity contribution is 5.74. The molecule has 0 saturated heterocycles. The molecule has 3 N–H and O–H groups in total. The second-order valence-electron chi connectivity index (χ2n) is 7.26. The van der Waals surface area contributed by atoms with Crippen LogP contribution in [-0.4, -0.2) is 53.7 Å². The van der Waals surface area contributed by atoms with Gasteiger partial charge in [0.2, 0.25) is 0 Å². The molecule has 2 aliphatic carbocycles. The van der Waals surface area contributed by atoms with Crippen molar-refractivity contribution in [3.05, 3.63) is 0 Å². The Morgan fingerprint density at radius 1 is 1.17 bits per heavy atom. The maximum absolute atomic E-state index is 11.9. The summed E-state index contributed by atoms with van der Waals surface area (Å²) in [6.45, 7) is 5.86. The molecule has 0 heterocycles. The largest absolute Gasteiger partial charge is 0.480 e. The number of carbonyl (C=O) groups excluding carboxylic acids is 1. The zero-order valence-electron chi connectivity index (χ0n) is 14.4. The first-order chi connectivity index (χ1) is 11.0. The van der Waals surface area contributed by atoms with Gasteiger partial charge in [-0.25, -0.2) is 4.79 Å². The average molecular weight is 325 g/mol. The first kappa shape index (κ1) is 18.0. The Hall–Kier alpha value is -1.30. The third-order valence-corrected chi connectivity index (χ3v) is 5.40. The Balaban J connectivity index is 1.59. The molecule has 0 radical (unpaired) electrons. The number of aliphatic carboxylic acids is 1. The molecule has 0 unspecified atom stereocenters. The van der Waals surface area contributed by atoms with Crippen molar-refractivity contribution in [3.8, 4) is 0 Å². The second kappa shape index (κ2) is 8.52. The summed E-state index contributed by atoms with van der Waals surface area (Å²) in [6.07, 6.45) is 6.66. The van der Waals surface area contributed by atoms with Gasteiger partial charge < -0.3 is 15.7 Å². The Morgan fingerprint density at radius 2 is 1.83 bits per heavy atom. The zero-order valence-corrected chi connectivity index (χ0v) is 14.4. The predicted octanol–water partition coefficient (Wildman–Crippen LogP) is 2.05. The normalized spacial score (nSPS) is 30.6. The van der Waals surface area contributed by atoms with Crippen molar-refractivity contribution in [1.82, 2.24) is 15.5 Å². The fourth-order valence-corrected chi connectivity index (χ4v) is 3.68. The number of carboxylic acids is 1. The van der Waals surface area contributed by atoms with Crippen LogP contribution in [0.2, 0.25) is 0 Å². The van der Waals surface area contributed by atoms with E-state index in [9.17, 15) is 9.59 Å². The molecule has 0 bridgehead atoms. The summed E-state index contributed by atoms with van der Waals surface area (Å²) in [4.78, 5) is 24.7. The highest BCUT2D eigenvalue weighted by Crippen LogP contribution is 2.28. The Kier molecular flexibility index (Phi) is 6.69. The first-order valence-electron chi connectivity index (χ1n) is 8.98. The summed E-state index contributed by atoms with van der Waals surface area (Å²) >= 11 is 0. The number of urea groups is 1. The van der Waals surface area contributed by atoms with Gasteiger partial charge in [-0.05, 0) is 44.1 Å². The quantitative estimate of drug-likeness (QED) is 0.669. The lowest BCUT2D eigenvalue weighted by Crippen LogP contribution is -2.56. The SMILES string of the molecule is CCN(CC(=O)O)C1CC(NC(=O)NCC2CCC(C)CC2)C1. The molecule has 0 atom stereocenters. The molecule has 2 fully saturated rings. The van der Waals surface area contributed by atoms with Crippen LogP contribution in [-0.2, 0) is 4.79 Å². The standard InChI is InChI=1S/C17H31N3O3/c1-3-20(11-16(21)22)15-8-14(9-15)19-17(23)18-10-13-6-4-12(2)5-7-13/h12-15H,3-11H2,1-2H3,(H,21,22)(H2,18,19,23). The van der Waals surface area contributed by atoms with Crippen molar-refractivity contribution >= 4 is 12.0 Å². The summed E-state index contributed by atoms with van der Waals surface area (Å²) in [5, 5.41) is 14.9. The molecule has 6 heteroatoms. The Labute approximate surface area is 139 Å². The molecular formula is C17H31N3O3. The number of carboxylic acid groups (broad SMARTS) is 1. The maximum Gasteiger partial charge on any atom is 0.317 e. The van der Waals surface area contributed by atoms with Crippen LogP contribution in [0.25, 0.3) is 0 Å². The molecule has 0 aliphatic heterocycles. The van der Waals surface area contributed by atoms with E-state index in [0.29, 0.717) is 5.92 Å². The molecule has 132 valence electrons. The lowest BCUT2D eigenvalue weighted by atomic mass is 9.83. The van der Waals surface area contributed by atoms with Crippen molar-refractivity contribution in [2.45, 2.75) is 64.5 Å². The van der Waals surface area contributed by atoms with Crippen LogP contribution in [0.4, 0.5) is 4.79 Å². The summed E-state index contributed by atoms with van der Waals surface area (Å²) in [6, 6.07) is 0.379. The molecule has 23 heavy (non-hydrogen) atoms. The number of nitrogens with zero attached hydrogens (tertiary/aromatic N) is 1. The second-order valence-corrected chi connectivity index (χ2v) is 7.26. The number of carbonyl (C=O) groups is 2. The van der Waals surface area contributed by atoms with Gasteiger partial charge in [0, 0.05) is 18.6 Å². The van der Waals surface area contributed by atoms with Crippen molar-refractivity contribution in [3.63, 3.8) is 0 Å². The van der Waals surface area contributed by atoms with E-state index in [4.69, 9.17) is 5.11 Å². The van der Waals surface area contributed by atoms with E-state index >= 15 is 0 Å². The van der Waals surface area contributed by atoms with E-state index in [-0.39, 0.29) is 24.7 Å². The third kappa shape index (κ3) is 5.68. The summed E-state index contributed by atoms with van der Waals surface area (Å²) in [5.41, 5.74) is 0. The van der Waals surface area contributed by atoms with Gasteiger partial charge in [0.25, 0.3) is 0 Å². The summed E-state index contributed by atoms with van der Waals surface area (Å²) in [7, 11) is 0. The van der Waals surface area contributed by atoms with Crippen LogP contribution in [0, 0.1) is 11.8 Å². The van der Waals surface area contributed by atoms with E-state index in [1.165, 1.54) is 25.7 Å². The van der Waals surface area contributed by atoms with Crippen LogP contribution in [0.1, 0.15) is 52.4 Å². The minimum Gasteiger partial charge on any atom is -0.480 e. The monoisotopic (exact) mass is 325 g/mol. The minimum absolute atomic E-state index is 0.0756. The number of nitrogens with one attached hydrogen (secondary N) is 2. The molecule has 0 aromatic rings. The van der Waals surface area contributed by atoms with Gasteiger partial charge in [-0.15, -0.1) is 0 Å². The van der Waals surface area contributed by atoms with Crippen molar-refractivity contribution in [2.75, 3.05) is 19.6 Å². The smallest absolute Gasteiger partial charge is 0.317 e. The summed E-state index contributed by atoms with van der Waals surface area (Å²) in [5.74, 6) is 0.666. The number of likely N-dealkylation sites (N-methyl/N-ethyl adjacent to an activating group) is 1. The predicted molar refractivity (Wildman–Crippen MR) is 89.3 cm³/mol. The number of amides is 2. The number of rotatable bonds is 7. The van der Waals surface area contributed by atoms with E-state index in [2.05, 4.69) is 17.6 Å². The zero-order chi connectivity index (χ0) is 16.8. The van der Waals surface area contributed by atoms with E-state index in [1.54, 1.807) is 0 Å². The average Bonchev–Trinajstić information content (AvgIpc) is 2.47. The molecule has 0 aromatic carbocycles. The first-order valence-corrected chi connectivity index (χ1v) is 8.98. The van der Waals surface area contributed by atoms with Crippen molar-refractivity contribution in [2.24, 2.45) is 11.8 Å². The van der Waals surface area contributed by atoms with Gasteiger partial charge in [-0.2, -0.15) is 0 Å². The Bertz CT molecular complexity index is 402. The third-order valence-electron chi connectivity index (χ3n) is 5.40. The van der Waals surface area contributed by atoms with Crippen LogP contribution in [0.3, 0.4) is 0 Å². The maximum atomic E-state index is 11.9. The van der Waals surface area contributed by atoms with Crippen LogP contribution < -0.4 is 10.6 Å². The number of hydrogen-bond donors (Lipinski definition) is 3. The van der Waals surface area contributed by atoms with Crippen LogP contribution >= 0.6 is 0 Å². The molecule has 0 aromatic heterocycles. The van der Waals surface area contributed by atoms with Gasteiger partial charge in [-0.3, -0.25) is 9.69 Å². The summed E-state index contributed by atoms with van der Waals surface area (Å²) < 4.78 is 0. The lowest BCUT2D eigenvalue weighted by molar-refractivity contribution is -0.139. The van der Waals surface area contributed by atoms with E-state index < -0.39 is 5.97 Å². The van der Waals surface area contributed by atoms with Crippen LogP contribution in [0.15, 0.2) is 0 Å². The fourth-order valence-electron chi connectivity index (χ4n) is 3.68. The lowest BCUT2D eigenvalue weighted by Gasteiger charge is -2.42. The molecule has 2 saturated carbocycles. The van der Waals surface area contributed by atoms with Gasteiger partial charge in [-0.1, -0.05) is 26.7 Å². The van der Waals surface area contributed by atoms with E-state index in [0.717, 1.165) is 31.8 Å². The topological polar surface area (TPSA) is 81.7 Å². The minimum atomic E-state index is -0.789. The highest BCUT2D eigenvalue weighted by atomic mass is 16.4. The van der Waals surface area contributed by atoms with E-state index in [1.807, 2.05) is 11.8 Å². The molecule has 2 aliphatic rings. The van der Waals surface area contributed by atoms with Crippen molar-refractivity contribution < 1.29 is 14.7 Å². The van der Waals surface area contributed by atoms with Crippen molar-refractivity contribution in [1.29, 1.82) is 0 Å². The molecular weight excluding hydrogens is 294 g/mol. The molecule has 2 rings (SSSR count). The fraction of sp³-hybridized carbons (Fsp3) is 0.882. The molecule has 0 spiro atoms. The van der Waals surface area contributed by atoms with Crippen LogP contribution in [0.5, 0.6) is 0 Å². The van der Waals surface area contributed by atoms with Gasteiger partial charge in [0.1, 0.15) is 0 Å². The Morgan fingerprint density at radius 3 is 2.39 bits per heavy atom. The highest BCUT2D eigenvalue weighted by Gasteiger charge is 2.34. The number of hydrogen-bond acceptors (Lipinski definition) is 3. The van der Waals surface area contributed by atoms with Gasteiger partial charge in [0.05, 0.1) is 6.54 Å².